The number of hydrogen-bond donors (Lipinski definition) is 1. The Kier molecular flexibility index (Phi) is 5.28. The van der Waals surface area contributed by atoms with Gasteiger partial charge in [-0.3, -0.25) is 4.18 Å². The third-order valence-corrected chi connectivity index (χ3v) is 3.04. The summed E-state index contributed by atoms with van der Waals surface area (Å²) in [6.45, 7) is 0.424. The van der Waals surface area contributed by atoms with Crippen LogP contribution in [0.2, 0.25) is 0 Å². The third kappa shape index (κ3) is 4.30. The zero-order valence-electron chi connectivity index (χ0n) is 7.55. The van der Waals surface area contributed by atoms with Crippen molar-refractivity contribution >= 4 is 22.7 Å². The van der Waals surface area contributed by atoms with Gasteiger partial charge in [0.1, 0.15) is 0 Å². The van der Waals surface area contributed by atoms with Crippen LogP contribution in [-0.4, -0.2) is 21.4 Å². The SMILES string of the molecule is NCCC(Cc1cccs1)OS(=O)[O-]. The minimum absolute atomic E-state index is 0.336. The summed E-state index contributed by atoms with van der Waals surface area (Å²) in [5, 5.41) is 1.95. The molecule has 0 fully saturated rings. The fourth-order valence-electron chi connectivity index (χ4n) is 1.13. The van der Waals surface area contributed by atoms with Gasteiger partial charge in [-0.25, -0.2) is 4.21 Å². The van der Waals surface area contributed by atoms with Crippen molar-refractivity contribution in [2.75, 3.05) is 6.54 Å². The molecule has 0 saturated carbocycles. The number of hydrogen-bond acceptors (Lipinski definition) is 5. The molecule has 2 unspecified atom stereocenters. The largest absolute Gasteiger partial charge is 0.750 e. The lowest BCUT2D eigenvalue weighted by Gasteiger charge is -2.16. The number of rotatable bonds is 6. The van der Waals surface area contributed by atoms with E-state index in [1.165, 1.54) is 0 Å². The fourth-order valence-corrected chi connectivity index (χ4v) is 2.29. The second-order valence-electron chi connectivity index (χ2n) is 2.78. The summed E-state index contributed by atoms with van der Waals surface area (Å²) < 4.78 is 25.4. The van der Waals surface area contributed by atoms with Gasteiger partial charge in [-0.1, -0.05) is 6.07 Å². The monoisotopic (exact) mass is 234 g/mol. The van der Waals surface area contributed by atoms with Crippen LogP contribution in [0.25, 0.3) is 0 Å². The van der Waals surface area contributed by atoms with Crippen LogP contribution in [0, 0.1) is 0 Å². The van der Waals surface area contributed by atoms with E-state index in [1.807, 2.05) is 17.5 Å². The molecule has 6 heteroatoms. The predicted molar refractivity (Wildman–Crippen MR) is 55.5 cm³/mol. The van der Waals surface area contributed by atoms with Gasteiger partial charge in [0.15, 0.2) is 0 Å². The molecular formula is C8H12NO3S2-. The van der Waals surface area contributed by atoms with Gasteiger partial charge in [-0.05, 0) is 24.4 Å². The molecule has 80 valence electrons. The normalized spacial score (nSPS) is 15.3. The van der Waals surface area contributed by atoms with Crippen molar-refractivity contribution in [2.45, 2.75) is 18.9 Å². The van der Waals surface area contributed by atoms with E-state index in [9.17, 15) is 8.76 Å². The van der Waals surface area contributed by atoms with Crippen LogP contribution in [0.15, 0.2) is 17.5 Å². The minimum Gasteiger partial charge on any atom is -0.750 e. The lowest BCUT2D eigenvalue weighted by atomic mass is 10.1. The van der Waals surface area contributed by atoms with E-state index in [1.54, 1.807) is 11.3 Å². The number of nitrogens with two attached hydrogens (primary N) is 1. The van der Waals surface area contributed by atoms with Crippen molar-refractivity contribution in [3.05, 3.63) is 22.4 Å². The summed E-state index contributed by atoms with van der Waals surface area (Å²) in [6.07, 6.45) is 0.811. The first-order valence-electron chi connectivity index (χ1n) is 4.21. The van der Waals surface area contributed by atoms with Gasteiger partial charge in [0, 0.05) is 11.3 Å². The van der Waals surface area contributed by atoms with Crippen LogP contribution in [0.5, 0.6) is 0 Å². The van der Waals surface area contributed by atoms with Gasteiger partial charge in [0.05, 0.1) is 17.5 Å². The first-order valence-corrected chi connectivity index (χ1v) is 6.09. The predicted octanol–water partition coefficient (Wildman–Crippen LogP) is 0.819. The molecule has 2 atom stereocenters. The molecule has 2 N–H and O–H groups in total. The lowest BCUT2D eigenvalue weighted by molar-refractivity contribution is 0.194. The second kappa shape index (κ2) is 6.26. The summed E-state index contributed by atoms with van der Waals surface area (Å²) in [5.41, 5.74) is 5.36. The Balaban J connectivity index is 2.46. The van der Waals surface area contributed by atoms with Crippen molar-refractivity contribution in [1.82, 2.24) is 0 Å². The third-order valence-electron chi connectivity index (χ3n) is 1.71. The maximum atomic E-state index is 10.4. The lowest BCUT2D eigenvalue weighted by Crippen LogP contribution is -2.21. The van der Waals surface area contributed by atoms with Crippen molar-refractivity contribution in [3.8, 4) is 0 Å². The maximum absolute atomic E-state index is 10.4. The van der Waals surface area contributed by atoms with E-state index in [0.717, 1.165) is 4.88 Å². The molecule has 0 amide bonds. The average Bonchev–Trinajstić information content (AvgIpc) is 2.56. The van der Waals surface area contributed by atoms with E-state index in [2.05, 4.69) is 0 Å². The Morgan fingerprint density at radius 3 is 3.00 bits per heavy atom. The Morgan fingerprint density at radius 2 is 2.50 bits per heavy atom. The average molecular weight is 234 g/mol. The van der Waals surface area contributed by atoms with E-state index in [0.29, 0.717) is 19.4 Å². The Morgan fingerprint density at radius 1 is 1.71 bits per heavy atom. The first-order chi connectivity index (χ1) is 6.72. The van der Waals surface area contributed by atoms with Gasteiger partial charge in [-0.15, -0.1) is 11.3 Å². The highest BCUT2D eigenvalue weighted by Gasteiger charge is 2.10. The molecule has 0 aliphatic heterocycles. The van der Waals surface area contributed by atoms with Crippen LogP contribution in [0.3, 0.4) is 0 Å². The van der Waals surface area contributed by atoms with Crippen molar-refractivity contribution in [1.29, 1.82) is 0 Å². The molecule has 1 rings (SSSR count). The first kappa shape index (κ1) is 11.8. The highest BCUT2D eigenvalue weighted by atomic mass is 32.2. The summed E-state index contributed by atoms with van der Waals surface area (Å²) in [5.74, 6) is 0. The van der Waals surface area contributed by atoms with E-state index < -0.39 is 11.4 Å². The molecule has 4 nitrogen and oxygen atoms in total. The highest BCUT2D eigenvalue weighted by Crippen LogP contribution is 2.14. The van der Waals surface area contributed by atoms with Crippen LogP contribution in [0.4, 0.5) is 0 Å². The van der Waals surface area contributed by atoms with E-state index in [4.69, 9.17) is 9.92 Å². The highest BCUT2D eigenvalue weighted by molar-refractivity contribution is 7.74. The summed E-state index contributed by atoms with van der Waals surface area (Å²) in [7, 11) is 0. The summed E-state index contributed by atoms with van der Waals surface area (Å²) >= 11 is -0.877. The quantitative estimate of drug-likeness (QED) is 0.739. The van der Waals surface area contributed by atoms with Crippen LogP contribution in [0.1, 0.15) is 11.3 Å². The van der Waals surface area contributed by atoms with Crippen LogP contribution >= 0.6 is 11.3 Å². The zero-order valence-corrected chi connectivity index (χ0v) is 9.18. The summed E-state index contributed by atoms with van der Waals surface area (Å²) in [6, 6.07) is 3.87. The minimum atomic E-state index is -2.46. The molecule has 1 aromatic heterocycles. The van der Waals surface area contributed by atoms with Crippen molar-refractivity contribution < 1.29 is 12.9 Å². The molecule has 0 radical (unpaired) electrons. The van der Waals surface area contributed by atoms with Crippen LogP contribution in [-0.2, 0) is 22.0 Å². The molecular weight excluding hydrogens is 222 g/mol. The Bertz CT molecular complexity index is 276. The van der Waals surface area contributed by atoms with Gasteiger partial charge in [0.2, 0.25) is 0 Å². The van der Waals surface area contributed by atoms with Gasteiger partial charge in [0.25, 0.3) is 0 Å². The zero-order chi connectivity index (χ0) is 10.4. The molecule has 0 spiro atoms. The maximum Gasteiger partial charge on any atom is 0.0844 e. The molecule has 0 aliphatic carbocycles. The van der Waals surface area contributed by atoms with E-state index >= 15 is 0 Å². The molecule has 0 saturated heterocycles. The molecule has 1 aromatic rings. The summed E-state index contributed by atoms with van der Waals surface area (Å²) in [4.78, 5) is 1.11. The molecule has 0 aliphatic rings. The molecule has 0 aromatic carbocycles. The van der Waals surface area contributed by atoms with Crippen molar-refractivity contribution in [3.63, 3.8) is 0 Å². The molecule has 0 bridgehead atoms. The standard InChI is InChI=1S/C8H13NO3S2/c9-4-3-7(12-14(10)11)6-8-2-1-5-13-8/h1-2,5,7H,3-4,6,9H2,(H,10,11)/p-1. The Labute approximate surface area is 89.6 Å². The van der Waals surface area contributed by atoms with E-state index in [-0.39, 0.29) is 6.10 Å². The second-order valence-corrected chi connectivity index (χ2v) is 4.42. The van der Waals surface area contributed by atoms with Gasteiger partial charge >= 0.3 is 0 Å². The fraction of sp³-hybridized carbons (Fsp3) is 0.500. The topological polar surface area (TPSA) is 75.4 Å². The Hall–Kier alpha value is -0.270. The smallest absolute Gasteiger partial charge is 0.0844 e. The molecule has 14 heavy (non-hydrogen) atoms. The molecule has 1 heterocycles. The van der Waals surface area contributed by atoms with Gasteiger partial charge < -0.3 is 10.3 Å². The van der Waals surface area contributed by atoms with Crippen molar-refractivity contribution in [2.24, 2.45) is 5.73 Å². The van der Waals surface area contributed by atoms with Crippen LogP contribution < -0.4 is 5.73 Å². The number of thiophene rings is 1. The van der Waals surface area contributed by atoms with Gasteiger partial charge in [-0.2, -0.15) is 0 Å².